The summed E-state index contributed by atoms with van der Waals surface area (Å²) in [7, 11) is 1.72. The maximum absolute atomic E-state index is 13.2. The van der Waals surface area contributed by atoms with Crippen molar-refractivity contribution in [2.75, 3.05) is 13.1 Å². The average Bonchev–Trinajstić information content (AvgIpc) is 3.15. The minimum Gasteiger partial charge on any atom is -0.481 e. The summed E-state index contributed by atoms with van der Waals surface area (Å²) in [5.74, 6) is -1.10. The lowest BCUT2D eigenvalue weighted by Crippen LogP contribution is -2.44. The van der Waals surface area contributed by atoms with Gasteiger partial charge in [0.05, 0.1) is 11.0 Å². The van der Waals surface area contributed by atoms with Gasteiger partial charge in [-0.2, -0.15) is 0 Å². The number of nitrogens with zero attached hydrogens (tertiary/aromatic N) is 3. The van der Waals surface area contributed by atoms with Crippen molar-refractivity contribution in [3.63, 3.8) is 0 Å². The molecule has 3 heterocycles. The van der Waals surface area contributed by atoms with Crippen molar-refractivity contribution in [2.45, 2.75) is 89.0 Å². The highest BCUT2D eigenvalue weighted by atomic mass is 16.4. The molecule has 0 saturated carbocycles. The summed E-state index contributed by atoms with van der Waals surface area (Å²) in [5, 5.41) is 11.0. The molecule has 206 valence electrons. The molecule has 4 rings (SSSR count). The van der Waals surface area contributed by atoms with Crippen LogP contribution in [0.2, 0.25) is 0 Å². The number of para-hydroxylation sites is 1. The van der Waals surface area contributed by atoms with Gasteiger partial charge in [-0.15, -0.1) is 0 Å². The standard InChI is InChI=1S/C28H38N4O6/c1-30-26-20(9-8-10-21(26)32(28(30)38)22-13-14-23(33)29-27(22)37)19-15-17-31(18-16-19)24(34)11-6-4-2-3-5-7-12-25(35)36/h8-10,19,22H,2-7,11-18H2,1H3,(H,35,36)(H,29,33,37). The molecule has 0 radical (unpaired) electrons. The molecule has 1 aromatic carbocycles. The Morgan fingerprint density at radius 1 is 0.947 bits per heavy atom. The van der Waals surface area contributed by atoms with Crippen LogP contribution in [0.25, 0.3) is 11.0 Å². The van der Waals surface area contributed by atoms with Gasteiger partial charge >= 0.3 is 11.7 Å². The smallest absolute Gasteiger partial charge is 0.329 e. The highest BCUT2D eigenvalue weighted by molar-refractivity contribution is 6.00. The van der Waals surface area contributed by atoms with E-state index in [-0.39, 0.29) is 36.3 Å². The molecular formula is C28H38N4O6. The molecule has 3 amide bonds. The Kier molecular flexibility index (Phi) is 9.01. The summed E-state index contributed by atoms with van der Waals surface area (Å²) >= 11 is 0. The first-order chi connectivity index (χ1) is 18.3. The largest absolute Gasteiger partial charge is 0.481 e. The molecule has 2 aliphatic rings. The van der Waals surface area contributed by atoms with Gasteiger partial charge in [0, 0.05) is 39.4 Å². The van der Waals surface area contributed by atoms with Crippen molar-refractivity contribution in [2.24, 2.45) is 7.05 Å². The van der Waals surface area contributed by atoms with E-state index in [2.05, 4.69) is 5.32 Å². The maximum atomic E-state index is 13.2. The van der Waals surface area contributed by atoms with Crippen LogP contribution < -0.4 is 11.0 Å². The molecular weight excluding hydrogens is 488 g/mol. The molecule has 0 bridgehead atoms. The van der Waals surface area contributed by atoms with E-state index in [9.17, 15) is 24.0 Å². The fraction of sp³-hybridized carbons (Fsp3) is 0.607. The number of unbranched alkanes of at least 4 members (excludes halogenated alkanes) is 5. The number of imide groups is 1. The zero-order valence-corrected chi connectivity index (χ0v) is 22.1. The summed E-state index contributed by atoms with van der Waals surface area (Å²) < 4.78 is 3.12. The van der Waals surface area contributed by atoms with E-state index in [4.69, 9.17) is 5.11 Å². The van der Waals surface area contributed by atoms with Gasteiger partial charge < -0.3 is 10.0 Å². The predicted octanol–water partition coefficient (Wildman–Crippen LogP) is 3.23. The van der Waals surface area contributed by atoms with E-state index in [0.717, 1.165) is 56.0 Å². The Hall–Kier alpha value is -3.43. The summed E-state index contributed by atoms with van der Waals surface area (Å²) in [6.07, 6.45) is 8.40. The zero-order chi connectivity index (χ0) is 27.2. The molecule has 1 atom stereocenters. The summed E-state index contributed by atoms with van der Waals surface area (Å²) in [6, 6.07) is 5.10. The SMILES string of the molecule is Cn1c(=O)n(C2CCC(=O)NC2=O)c2cccc(C3CCN(C(=O)CCCCCCCCC(=O)O)CC3)c21. The van der Waals surface area contributed by atoms with E-state index >= 15 is 0 Å². The lowest BCUT2D eigenvalue weighted by atomic mass is 9.88. The molecule has 1 unspecified atom stereocenters. The topological polar surface area (TPSA) is 131 Å². The highest BCUT2D eigenvalue weighted by Gasteiger charge is 2.33. The van der Waals surface area contributed by atoms with Crippen molar-refractivity contribution >= 4 is 34.7 Å². The maximum Gasteiger partial charge on any atom is 0.329 e. The van der Waals surface area contributed by atoms with Crippen LogP contribution in [0.5, 0.6) is 0 Å². The van der Waals surface area contributed by atoms with Gasteiger partial charge in [-0.05, 0) is 49.7 Å². The fourth-order valence-corrected chi connectivity index (χ4v) is 5.89. The normalized spacial score (nSPS) is 18.7. The third-order valence-corrected chi connectivity index (χ3v) is 7.97. The molecule has 2 aliphatic heterocycles. The Labute approximate surface area is 222 Å². The van der Waals surface area contributed by atoms with Gasteiger partial charge in [0.1, 0.15) is 6.04 Å². The average molecular weight is 527 g/mol. The Morgan fingerprint density at radius 2 is 1.61 bits per heavy atom. The molecule has 10 heteroatoms. The quantitative estimate of drug-likeness (QED) is 0.341. The van der Waals surface area contributed by atoms with Gasteiger partial charge in [-0.3, -0.25) is 33.6 Å². The Balaban J connectivity index is 1.33. The number of hydrogen-bond acceptors (Lipinski definition) is 5. The number of imidazole rings is 1. The summed E-state index contributed by atoms with van der Waals surface area (Å²) in [4.78, 5) is 62.6. The molecule has 1 aromatic heterocycles. The molecule has 2 fully saturated rings. The van der Waals surface area contributed by atoms with E-state index in [1.807, 2.05) is 23.1 Å². The number of amides is 3. The van der Waals surface area contributed by atoms with Crippen molar-refractivity contribution < 1.29 is 24.3 Å². The molecule has 0 aliphatic carbocycles. The predicted molar refractivity (Wildman–Crippen MR) is 142 cm³/mol. The van der Waals surface area contributed by atoms with Crippen LogP contribution >= 0.6 is 0 Å². The number of aliphatic carboxylic acids is 1. The molecule has 2 N–H and O–H groups in total. The third kappa shape index (κ3) is 6.16. The van der Waals surface area contributed by atoms with E-state index in [1.54, 1.807) is 11.6 Å². The second-order valence-corrected chi connectivity index (χ2v) is 10.6. The molecule has 2 saturated heterocycles. The fourth-order valence-electron chi connectivity index (χ4n) is 5.89. The number of aryl methyl sites for hydroxylation is 1. The monoisotopic (exact) mass is 526 g/mol. The van der Waals surface area contributed by atoms with Crippen molar-refractivity contribution in [3.05, 3.63) is 34.2 Å². The number of fused-ring (bicyclic) bond motifs is 1. The number of aromatic nitrogens is 2. The number of likely N-dealkylation sites (tertiary alicyclic amines) is 1. The molecule has 0 spiro atoms. The minimum absolute atomic E-state index is 0.184. The lowest BCUT2D eigenvalue weighted by Gasteiger charge is -2.32. The number of carboxylic acids is 1. The number of rotatable bonds is 11. The van der Waals surface area contributed by atoms with Gasteiger partial charge in [0.25, 0.3) is 0 Å². The number of piperidine rings is 2. The number of benzene rings is 1. The first-order valence-electron chi connectivity index (χ1n) is 13.8. The lowest BCUT2D eigenvalue weighted by molar-refractivity contribution is -0.137. The van der Waals surface area contributed by atoms with Gasteiger partial charge in [-0.25, -0.2) is 4.79 Å². The summed E-state index contributed by atoms with van der Waals surface area (Å²) in [5.41, 5.74) is 2.31. The molecule has 10 nitrogen and oxygen atoms in total. The minimum atomic E-state index is -0.745. The summed E-state index contributed by atoms with van der Waals surface area (Å²) in [6.45, 7) is 1.35. The van der Waals surface area contributed by atoms with E-state index in [0.29, 0.717) is 37.9 Å². The van der Waals surface area contributed by atoms with Gasteiger partial charge in [-0.1, -0.05) is 37.8 Å². The van der Waals surface area contributed by atoms with E-state index < -0.39 is 17.9 Å². The highest BCUT2D eigenvalue weighted by Crippen LogP contribution is 2.34. The van der Waals surface area contributed by atoms with Gasteiger partial charge in [0.15, 0.2) is 0 Å². The zero-order valence-electron chi connectivity index (χ0n) is 22.1. The number of carbonyl (C=O) groups excluding carboxylic acids is 3. The van der Waals surface area contributed by atoms with Crippen molar-refractivity contribution in [1.29, 1.82) is 0 Å². The van der Waals surface area contributed by atoms with Crippen LogP contribution in [-0.4, -0.2) is 55.9 Å². The van der Waals surface area contributed by atoms with Crippen molar-refractivity contribution in [1.82, 2.24) is 19.4 Å². The second kappa shape index (κ2) is 12.4. The van der Waals surface area contributed by atoms with Gasteiger partial charge in [0.2, 0.25) is 17.7 Å². The first-order valence-corrected chi connectivity index (χ1v) is 13.8. The second-order valence-electron chi connectivity index (χ2n) is 10.6. The Morgan fingerprint density at radius 3 is 2.26 bits per heavy atom. The van der Waals surface area contributed by atoms with E-state index in [1.165, 1.54) is 4.57 Å². The van der Waals surface area contributed by atoms with Crippen LogP contribution in [0.1, 0.15) is 94.6 Å². The van der Waals surface area contributed by atoms with Crippen LogP contribution in [0, 0.1) is 0 Å². The molecule has 2 aromatic rings. The first kappa shape index (κ1) is 27.6. The third-order valence-electron chi connectivity index (χ3n) is 7.97. The van der Waals surface area contributed by atoms with Crippen LogP contribution in [0.3, 0.4) is 0 Å². The number of carboxylic acid groups (broad SMARTS) is 1. The number of carbonyl (C=O) groups is 4. The van der Waals surface area contributed by atoms with Crippen molar-refractivity contribution in [3.8, 4) is 0 Å². The number of hydrogen-bond donors (Lipinski definition) is 2. The van der Waals surface area contributed by atoms with Crippen LogP contribution in [0.4, 0.5) is 0 Å². The number of nitrogens with one attached hydrogen (secondary N) is 1. The Bertz CT molecular complexity index is 1250. The van der Waals surface area contributed by atoms with Crippen LogP contribution in [0.15, 0.2) is 23.0 Å². The van der Waals surface area contributed by atoms with Crippen LogP contribution in [-0.2, 0) is 26.2 Å². The molecule has 38 heavy (non-hydrogen) atoms.